The van der Waals surface area contributed by atoms with Gasteiger partial charge in [-0.05, 0) is 28.7 Å². The van der Waals surface area contributed by atoms with Gasteiger partial charge >= 0.3 is 0 Å². The third kappa shape index (κ3) is 2.09. The molecule has 2 rings (SSSR count). The molecule has 0 radical (unpaired) electrons. The topological polar surface area (TPSA) is 64.7 Å². The second-order valence-corrected chi connectivity index (χ2v) is 4.12. The predicted molar refractivity (Wildman–Crippen MR) is 63.2 cm³/mol. The number of non-ortho nitro benzene ring substituents is 1. The van der Waals surface area contributed by atoms with E-state index in [1.165, 1.54) is 12.1 Å². The van der Waals surface area contributed by atoms with Crippen LogP contribution < -0.4 is 0 Å². The van der Waals surface area contributed by atoms with Crippen LogP contribution in [0.3, 0.4) is 0 Å². The summed E-state index contributed by atoms with van der Waals surface area (Å²) in [5.74, 6) is 0.578. The molecule has 0 aliphatic carbocycles. The highest BCUT2D eigenvalue weighted by molar-refractivity contribution is 14.1. The summed E-state index contributed by atoms with van der Waals surface area (Å²) < 4.78 is 6.08. The molecule has 15 heavy (non-hydrogen) atoms. The van der Waals surface area contributed by atoms with Gasteiger partial charge in [-0.2, -0.15) is 0 Å². The van der Waals surface area contributed by atoms with Crippen LogP contribution >= 0.6 is 22.6 Å². The quantitative estimate of drug-likeness (QED) is 0.476. The highest BCUT2D eigenvalue weighted by atomic mass is 127. The van der Waals surface area contributed by atoms with Crippen LogP contribution in [0.2, 0.25) is 0 Å². The number of hydrogen-bond donors (Lipinski definition) is 0. The van der Waals surface area contributed by atoms with Crippen molar-refractivity contribution in [2.24, 2.45) is 4.99 Å². The zero-order valence-electron chi connectivity index (χ0n) is 7.64. The number of benzene rings is 1. The van der Waals surface area contributed by atoms with Crippen LogP contribution in [0.1, 0.15) is 5.56 Å². The monoisotopic (exact) mass is 318 g/mol. The second-order valence-electron chi connectivity index (χ2n) is 2.96. The molecule has 0 saturated heterocycles. The maximum Gasteiger partial charge on any atom is 0.270 e. The molecule has 6 heteroatoms. The Morgan fingerprint density at radius 3 is 2.87 bits per heavy atom. The smallest absolute Gasteiger partial charge is 0.270 e. The average Bonchev–Trinajstić information content (AvgIpc) is 2.70. The molecule has 0 fully saturated rings. The molecule has 0 atom stereocenters. The van der Waals surface area contributed by atoms with Gasteiger partial charge in [0, 0.05) is 15.7 Å². The van der Waals surface area contributed by atoms with E-state index < -0.39 is 4.92 Å². The molecular formula is C9H7IN2O3. The van der Waals surface area contributed by atoms with Crippen LogP contribution in [-0.2, 0) is 4.74 Å². The molecule has 5 nitrogen and oxygen atoms in total. The fourth-order valence-electron chi connectivity index (χ4n) is 1.29. The number of rotatable bonds is 2. The van der Waals surface area contributed by atoms with Gasteiger partial charge in [0.25, 0.3) is 5.69 Å². The van der Waals surface area contributed by atoms with Crippen LogP contribution in [0.5, 0.6) is 0 Å². The molecule has 1 aromatic carbocycles. The summed E-state index contributed by atoms with van der Waals surface area (Å²) in [7, 11) is 0. The van der Waals surface area contributed by atoms with Gasteiger partial charge in [0.1, 0.15) is 6.61 Å². The SMILES string of the molecule is O=[N+]([O-])c1ccc(C2=NCCO2)c(I)c1. The number of nitro groups is 1. The molecule has 0 N–H and O–H groups in total. The van der Waals surface area contributed by atoms with E-state index in [1.807, 2.05) is 22.6 Å². The number of halogens is 1. The first kappa shape index (κ1) is 10.3. The van der Waals surface area contributed by atoms with Crippen molar-refractivity contribution in [3.63, 3.8) is 0 Å². The van der Waals surface area contributed by atoms with Crippen molar-refractivity contribution in [2.45, 2.75) is 0 Å². The number of ether oxygens (including phenoxy) is 1. The molecule has 78 valence electrons. The van der Waals surface area contributed by atoms with Crippen molar-refractivity contribution >= 4 is 34.2 Å². The molecule has 0 unspecified atom stereocenters. The summed E-state index contributed by atoms with van der Waals surface area (Å²) in [6, 6.07) is 4.64. The molecule has 0 amide bonds. The lowest BCUT2D eigenvalue weighted by Crippen LogP contribution is -2.04. The van der Waals surface area contributed by atoms with Crippen LogP contribution in [-0.4, -0.2) is 24.0 Å². The Morgan fingerprint density at radius 1 is 1.53 bits per heavy atom. The van der Waals surface area contributed by atoms with E-state index in [9.17, 15) is 10.1 Å². The van der Waals surface area contributed by atoms with Crippen molar-refractivity contribution in [1.29, 1.82) is 0 Å². The van der Waals surface area contributed by atoms with E-state index in [-0.39, 0.29) is 5.69 Å². The molecule has 1 aliphatic heterocycles. The van der Waals surface area contributed by atoms with Crippen molar-refractivity contribution in [1.82, 2.24) is 0 Å². The Hall–Kier alpha value is -1.18. The molecular weight excluding hydrogens is 311 g/mol. The Labute approximate surface area is 99.4 Å². The van der Waals surface area contributed by atoms with Crippen molar-refractivity contribution < 1.29 is 9.66 Å². The van der Waals surface area contributed by atoms with Gasteiger partial charge in [-0.3, -0.25) is 10.1 Å². The minimum absolute atomic E-state index is 0.0850. The fraction of sp³-hybridized carbons (Fsp3) is 0.222. The van der Waals surface area contributed by atoms with E-state index in [2.05, 4.69) is 4.99 Å². The Bertz CT molecular complexity index is 445. The number of nitrogens with zero attached hydrogens (tertiary/aromatic N) is 2. The molecule has 1 aromatic rings. The minimum atomic E-state index is -0.413. The predicted octanol–water partition coefficient (Wildman–Crippen LogP) is 1.98. The van der Waals surface area contributed by atoms with Crippen molar-refractivity contribution in [3.8, 4) is 0 Å². The second kappa shape index (κ2) is 4.13. The van der Waals surface area contributed by atoms with E-state index >= 15 is 0 Å². The fourth-order valence-corrected chi connectivity index (χ4v) is 2.02. The normalized spacial score (nSPS) is 14.6. The summed E-state index contributed by atoms with van der Waals surface area (Å²) in [6.45, 7) is 1.24. The van der Waals surface area contributed by atoms with Crippen LogP contribution in [0.4, 0.5) is 5.69 Å². The molecule has 0 aromatic heterocycles. The first-order valence-electron chi connectivity index (χ1n) is 4.30. The first-order chi connectivity index (χ1) is 7.18. The standard InChI is InChI=1S/C9H7IN2O3/c10-8-5-6(12(13)14)1-2-7(8)9-11-3-4-15-9/h1-2,5H,3-4H2. The molecule has 0 bridgehead atoms. The molecule has 0 saturated carbocycles. The van der Waals surface area contributed by atoms with Crippen molar-refractivity contribution in [3.05, 3.63) is 37.4 Å². The Balaban J connectivity index is 2.38. The van der Waals surface area contributed by atoms with Crippen LogP contribution in [0, 0.1) is 13.7 Å². The highest BCUT2D eigenvalue weighted by Gasteiger charge is 2.16. The van der Waals surface area contributed by atoms with E-state index in [0.717, 1.165) is 9.13 Å². The third-order valence-electron chi connectivity index (χ3n) is 1.98. The third-order valence-corrected chi connectivity index (χ3v) is 2.87. The highest BCUT2D eigenvalue weighted by Crippen LogP contribution is 2.21. The van der Waals surface area contributed by atoms with Gasteiger partial charge in [0.2, 0.25) is 5.90 Å². The van der Waals surface area contributed by atoms with E-state index in [0.29, 0.717) is 19.0 Å². The molecule has 0 spiro atoms. The summed E-state index contributed by atoms with van der Waals surface area (Å²) in [5, 5.41) is 10.5. The lowest BCUT2D eigenvalue weighted by atomic mass is 10.2. The largest absolute Gasteiger partial charge is 0.475 e. The number of nitro benzene ring substituents is 1. The maximum absolute atomic E-state index is 10.5. The molecule has 1 heterocycles. The van der Waals surface area contributed by atoms with Gasteiger partial charge in [0.15, 0.2) is 0 Å². The summed E-state index contributed by atoms with van der Waals surface area (Å²) in [5.41, 5.74) is 0.903. The molecule has 1 aliphatic rings. The number of aliphatic imine (C=N–C) groups is 1. The zero-order chi connectivity index (χ0) is 10.8. The van der Waals surface area contributed by atoms with Gasteiger partial charge in [-0.15, -0.1) is 0 Å². The zero-order valence-corrected chi connectivity index (χ0v) is 9.80. The average molecular weight is 318 g/mol. The van der Waals surface area contributed by atoms with Crippen LogP contribution in [0.25, 0.3) is 0 Å². The Morgan fingerprint density at radius 2 is 2.33 bits per heavy atom. The van der Waals surface area contributed by atoms with Gasteiger partial charge < -0.3 is 4.74 Å². The minimum Gasteiger partial charge on any atom is -0.475 e. The van der Waals surface area contributed by atoms with Gasteiger partial charge in [-0.25, -0.2) is 4.99 Å². The lowest BCUT2D eigenvalue weighted by Gasteiger charge is -2.03. The Kier molecular flexibility index (Phi) is 2.85. The summed E-state index contributed by atoms with van der Waals surface area (Å²) in [6.07, 6.45) is 0. The van der Waals surface area contributed by atoms with Gasteiger partial charge in [-0.1, -0.05) is 0 Å². The van der Waals surface area contributed by atoms with Crippen LogP contribution in [0.15, 0.2) is 23.2 Å². The van der Waals surface area contributed by atoms with Gasteiger partial charge in [0.05, 0.1) is 17.0 Å². The summed E-state index contributed by atoms with van der Waals surface area (Å²) >= 11 is 2.04. The van der Waals surface area contributed by atoms with E-state index in [1.54, 1.807) is 6.07 Å². The van der Waals surface area contributed by atoms with E-state index in [4.69, 9.17) is 4.74 Å². The summed E-state index contributed by atoms with van der Waals surface area (Å²) in [4.78, 5) is 14.3. The van der Waals surface area contributed by atoms with Crippen molar-refractivity contribution in [2.75, 3.05) is 13.2 Å². The lowest BCUT2D eigenvalue weighted by molar-refractivity contribution is -0.384. The number of hydrogen-bond acceptors (Lipinski definition) is 4. The maximum atomic E-state index is 10.5. The first-order valence-corrected chi connectivity index (χ1v) is 5.38.